The standard InChI is InChI=1S/C15H21FN2O/c1-15(9-2-3-10-18-15)14(19)17-11-8-12-4-6-13(16)7-5-12/h4-7,18H,2-3,8-11H2,1H3,(H,17,19). The molecule has 104 valence electrons. The topological polar surface area (TPSA) is 41.1 Å². The summed E-state index contributed by atoms with van der Waals surface area (Å²) in [7, 11) is 0. The van der Waals surface area contributed by atoms with Crippen LogP contribution in [0.5, 0.6) is 0 Å². The van der Waals surface area contributed by atoms with Crippen LogP contribution in [-0.4, -0.2) is 24.5 Å². The average molecular weight is 264 g/mol. The molecule has 1 atom stereocenters. The van der Waals surface area contributed by atoms with Gasteiger partial charge in [0.25, 0.3) is 0 Å². The van der Waals surface area contributed by atoms with Gasteiger partial charge in [0, 0.05) is 6.54 Å². The van der Waals surface area contributed by atoms with Gasteiger partial charge in [-0.25, -0.2) is 4.39 Å². The molecule has 2 rings (SSSR count). The van der Waals surface area contributed by atoms with E-state index in [0.717, 1.165) is 37.8 Å². The van der Waals surface area contributed by atoms with Crippen molar-refractivity contribution in [2.75, 3.05) is 13.1 Å². The van der Waals surface area contributed by atoms with Crippen LogP contribution in [0.1, 0.15) is 31.7 Å². The van der Waals surface area contributed by atoms with Crippen molar-refractivity contribution in [3.63, 3.8) is 0 Å². The number of carbonyl (C=O) groups is 1. The van der Waals surface area contributed by atoms with Crippen molar-refractivity contribution in [1.29, 1.82) is 0 Å². The third-order valence-electron chi connectivity index (χ3n) is 3.73. The van der Waals surface area contributed by atoms with E-state index in [1.165, 1.54) is 12.1 Å². The van der Waals surface area contributed by atoms with Crippen LogP contribution in [0, 0.1) is 5.82 Å². The van der Waals surface area contributed by atoms with Crippen molar-refractivity contribution >= 4 is 5.91 Å². The Hall–Kier alpha value is -1.42. The fraction of sp³-hybridized carbons (Fsp3) is 0.533. The molecule has 1 unspecified atom stereocenters. The van der Waals surface area contributed by atoms with Crippen LogP contribution < -0.4 is 10.6 Å². The monoisotopic (exact) mass is 264 g/mol. The van der Waals surface area contributed by atoms with Crippen molar-refractivity contribution < 1.29 is 9.18 Å². The van der Waals surface area contributed by atoms with E-state index in [1.807, 2.05) is 6.92 Å². The molecule has 3 nitrogen and oxygen atoms in total. The predicted molar refractivity (Wildman–Crippen MR) is 73.4 cm³/mol. The first kappa shape index (κ1) is 14.0. The first-order chi connectivity index (χ1) is 9.10. The van der Waals surface area contributed by atoms with Crippen molar-refractivity contribution in [3.8, 4) is 0 Å². The number of halogens is 1. The summed E-state index contributed by atoms with van der Waals surface area (Å²) < 4.78 is 12.8. The molecule has 0 bridgehead atoms. The third-order valence-corrected chi connectivity index (χ3v) is 3.73. The average Bonchev–Trinajstić information content (AvgIpc) is 2.42. The molecule has 2 N–H and O–H groups in total. The number of carbonyl (C=O) groups excluding carboxylic acids is 1. The second-order valence-corrected chi connectivity index (χ2v) is 5.35. The van der Waals surface area contributed by atoms with Gasteiger partial charge in [0.15, 0.2) is 0 Å². The Balaban J connectivity index is 1.78. The fourth-order valence-electron chi connectivity index (χ4n) is 2.42. The van der Waals surface area contributed by atoms with E-state index in [4.69, 9.17) is 0 Å². The minimum atomic E-state index is -0.430. The van der Waals surface area contributed by atoms with Gasteiger partial charge in [-0.2, -0.15) is 0 Å². The molecule has 0 aromatic heterocycles. The summed E-state index contributed by atoms with van der Waals surface area (Å²) in [5.74, 6) is -0.166. The second kappa shape index (κ2) is 6.15. The minimum Gasteiger partial charge on any atom is -0.354 e. The lowest BCUT2D eigenvalue weighted by Crippen LogP contribution is -2.57. The quantitative estimate of drug-likeness (QED) is 0.873. The zero-order chi connectivity index (χ0) is 13.7. The van der Waals surface area contributed by atoms with Gasteiger partial charge < -0.3 is 10.6 Å². The molecule has 0 aliphatic carbocycles. The molecule has 1 aromatic rings. The molecule has 1 aliphatic rings. The van der Waals surface area contributed by atoms with Gasteiger partial charge in [-0.1, -0.05) is 12.1 Å². The van der Waals surface area contributed by atoms with Crippen LogP contribution in [0.15, 0.2) is 24.3 Å². The first-order valence-electron chi connectivity index (χ1n) is 6.88. The molecule has 1 amide bonds. The summed E-state index contributed by atoms with van der Waals surface area (Å²) in [5.41, 5.74) is 0.601. The molecular formula is C15H21FN2O. The normalized spacial score (nSPS) is 23.1. The summed E-state index contributed by atoms with van der Waals surface area (Å²) in [4.78, 5) is 12.1. The maximum Gasteiger partial charge on any atom is 0.240 e. The Bertz CT molecular complexity index is 424. The van der Waals surface area contributed by atoms with E-state index in [9.17, 15) is 9.18 Å². The largest absolute Gasteiger partial charge is 0.354 e. The molecule has 19 heavy (non-hydrogen) atoms. The van der Waals surface area contributed by atoms with Gasteiger partial charge in [-0.05, 0) is 56.8 Å². The molecule has 1 heterocycles. The lowest BCUT2D eigenvalue weighted by molar-refractivity contribution is -0.127. The van der Waals surface area contributed by atoms with Crippen molar-refractivity contribution in [2.24, 2.45) is 0 Å². The van der Waals surface area contributed by atoms with Crippen molar-refractivity contribution in [3.05, 3.63) is 35.6 Å². The highest BCUT2D eigenvalue weighted by Gasteiger charge is 2.33. The summed E-state index contributed by atoms with van der Waals surface area (Å²) >= 11 is 0. The third kappa shape index (κ3) is 3.77. The Morgan fingerprint density at radius 2 is 2.11 bits per heavy atom. The molecule has 1 saturated heterocycles. The number of benzene rings is 1. The molecule has 1 fully saturated rings. The molecule has 0 radical (unpaired) electrons. The zero-order valence-electron chi connectivity index (χ0n) is 11.3. The SMILES string of the molecule is CC1(C(=O)NCCc2ccc(F)cc2)CCCCN1. The van der Waals surface area contributed by atoms with Crippen LogP contribution in [0.25, 0.3) is 0 Å². The molecule has 1 aliphatic heterocycles. The smallest absolute Gasteiger partial charge is 0.240 e. The van der Waals surface area contributed by atoms with Gasteiger partial charge in [-0.3, -0.25) is 4.79 Å². The first-order valence-corrected chi connectivity index (χ1v) is 6.88. The van der Waals surface area contributed by atoms with E-state index < -0.39 is 5.54 Å². The minimum absolute atomic E-state index is 0.0642. The Kier molecular flexibility index (Phi) is 4.53. The zero-order valence-corrected chi connectivity index (χ0v) is 11.3. The maximum atomic E-state index is 12.8. The van der Waals surface area contributed by atoms with E-state index in [1.54, 1.807) is 12.1 Å². The van der Waals surface area contributed by atoms with Crippen molar-refractivity contribution in [2.45, 2.75) is 38.1 Å². The Morgan fingerprint density at radius 1 is 1.37 bits per heavy atom. The van der Waals surface area contributed by atoms with Gasteiger partial charge in [-0.15, -0.1) is 0 Å². The fourth-order valence-corrected chi connectivity index (χ4v) is 2.42. The Morgan fingerprint density at radius 3 is 2.74 bits per heavy atom. The highest BCUT2D eigenvalue weighted by molar-refractivity contribution is 5.85. The summed E-state index contributed by atoms with van der Waals surface area (Å²) in [6, 6.07) is 6.40. The number of piperidine rings is 1. The molecule has 1 aromatic carbocycles. The molecule has 0 saturated carbocycles. The molecule has 4 heteroatoms. The van der Waals surface area contributed by atoms with E-state index in [2.05, 4.69) is 10.6 Å². The number of hydrogen-bond acceptors (Lipinski definition) is 2. The number of hydrogen-bond donors (Lipinski definition) is 2. The van der Waals surface area contributed by atoms with Crippen LogP contribution in [0.3, 0.4) is 0 Å². The van der Waals surface area contributed by atoms with E-state index in [0.29, 0.717) is 6.54 Å². The maximum absolute atomic E-state index is 12.8. The lowest BCUT2D eigenvalue weighted by atomic mass is 9.90. The van der Waals surface area contributed by atoms with Crippen LogP contribution in [0.2, 0.25) is 0 Å². The molecular weight excluding hydrogens is 243 g/mol. The summed E-state index contributed by atoms with van der Waals surface area (Å²) in [6.07, 6.45) is 3.84. The summed E-state index contributed by atoms with van der Waals surface area (Å²) in [6.45, 7) is 3.45. The van der Waals surface area contributed by atoms with Crippen LogP contribution >= 0.6 is 0 Å². The number of amides is 1. The highest BCUT2D eigenvalue weighted by Crippen LogP contribution is 2.18. The van der Waals surface area contributed by atoms with Gasteiger partial charge in [0.2, 0.25) is 5.91 Å². The molecule has 0 spiro atoms. The van der Waals surface area contributed by atoms with Crippen LogP contribution in [0.4, 0.5) is 4.39 Å². The van der Waals surface area contributed by atoms with Crippen LogP contribution in [-0.2, 0) is 11.2 Å². The van der Waals surface area contributed by atoms with Gasteiger partial charge in [0.1, 0.15) is 5.82 Å². The van der Waals surface area contributed by atoms with E-state index in [-0.39, 0.29) is 11.7 Å². The number of nitrogens with one attached hydrogen (secondary N) is 2. The van der Waals surface area contributed by atoms with E-state index >= 15 is 0 Å². The lowest BCUT2D eigenvalue weighted by Gasteiger charge is -2.33. The van der Waals surface area contributed by atoms with Gasteiger partial charge in [0.05, 0.1) is 5.54 Å². The predicted octanol–water partition coefficient (Wildman–Crippen LogP) is 2.02. The van der Waals surface area contributed by atoms with Gasteiger partial charge >= 0.3 is 0 Å². The highest BCUT2D eigenvalue weighted by atomic mass is 19.1. The van der Waals surface area contributed by atoms with Crippen molar-refractivity contribution in [1.82, 2.24) is 10.6 Å². The second-order valence-electron chi connectivity index (χ2n) is 5.35. The summed E-state index contributed by atoms with van der Waals surface area (Å²) in [5, 5.41) is 6.25. The number of rotatable bonds is 4. The Labute approximate surface area is 113 Å².